The molecular weight excluding hydrogens is 645 g/mol. The van der Waals surface area contributed by atoms with Crippen molar-refractivity contribution in [2.45, 2.75) is 22.9 Å². The summed E-state index contributed by atoms with van der Waals surface area (Å²) in [4.78, 5) is 13.6. The summed E-state index contributed by atoms with van der Waals surface area (Å²) in [5.74, 6) is 0. The van der Waals surface area contributed by atoms with Crippen LogP contribution in [0.25, 0.3) is 32.9 Å². The quantitative estimate of drug-likeness (QED) is 0.183. The number of anilines is 2. The van der Waals surface area contributed by atoms with Crippen LogP contribution in [0.5, 0.6) is 0 Å². The number of hydrogen-bond acceptors (Lipinski definition) is 8. The number of rotatable bonds is 11. The molecule has 2 N–H and O–H groups in total. The Kier molecular flexibility index (Phi) is 9.17. The average Bonchev–Trinajstić information content (AvgIpc) is 3.09. The smallest absolute Gasteiger partial charge is 0.241 e. The zero-order chi connectivity index (χ0) is 34.1. The van der Waals surface area contributed by atoms with Crippen LogP contribution >= 0.6 is 0 Å². The molecule has 0 aliphatic carbocycles. The molecule has 0 spiro atoms. The van der Waals surface area contributed by atoms with Gasteiger partial charge in [0.1, 0.15) is 0 Å². The Morgan fingerprint density at radius 2 is 0.833 bits per heavy atom. The van der Waals surface area contributed by atoms with Crippen LogP contribution in [0, 0.1) is 0 Å². The molecule has 0 aliphatic heterocycles. The number of pyridine rings is 2. The maximum atomic E-state index is 13.5. The second-order valence-corrected chi connectivity index (χ2v) is 15.2. The van der Waals surface area contributed by atoms with E-state index in [1.54, 1.807) is 72.8 Å². The number of fused-ring (bicyclic) bond motifs is 2. The van der Waals surface area contributed by atoms with Crippen molar-refractivity contribution in [2.24, 2.45) is 0 Å². The largest absolute Gasteiger partial charge is 0.377 e. The molecule has 0 radical (unpaired) electrons. The minimum absolute atomic E-state index is 0.0278. The van der Waals surface area contributed by atoms with Crippen LogP contribution in [0.15, 0.2) is 119 Å². The van der Waals surface area contributed by atoms with Crippen LogP contribution in [0.4, 0.5) is 11.4 Å². The van der Waals surface area contributed by atoms with E-state index in [4.69, 9.17) is 0 Å². The number of hydrogen-bond donors (Lipinski definition) is 2. The van der Waals surface area contributed by atoms with E-state index in [0.29, 0.717) is 33.5 Å². The molecule has 2 heterocycles. The van der Waals surface area contributed by atoms with Gasteiger partial charge in [0.25, 0.3) is 0 Å². The fourth-order valence-electron chi connectivity index (χ4n) is 5.71. The van der Waals surface area contributed by atoms with Crippen molar-refractivity contribution < 1.29 is 16.8 Å². The number of aromatic nitrogens is 2. The van der Waals surface area contributed by atoms with Gasteiger partial charge in [0.15, 0.2) is 0 Å². The topological polar surface area (TPSA) is 125 Å². The Balaban J connectivity index is 1.19. The van der Waals surface area contributed by atoms with Gasteiger partial charge in [-0.3, -0.25) is 0 Å². The fourth-order valence-corrected chi connectivity index (χ4v) is 8.15. The first-order valence-electron chi connectivity index (χ1n) is 15.2. The van der Waals surface area contributed by atoms with Crippen molar-refractivity contribution in [1.82, 2.24) is 19.4 Å². The zero-order valence-corrected chi connectivity index (χ0v) is 28.7. The normalized spacial score (nSPS) is 12.0. The lowest BCUT2D eigenvalue weighted by molar-refractivity contribution is 0.579. The second kappa shape index (κ2) is 13.3. The monoisotopic (exact) mass is 680 g/mol. The first-order chi connectivity index (χ1) is 22.9. The van der Waals surface area contributed by atoms with Crippen LogP contribution in [0.3, 0.4) is 0 Å². The Labute approximate surface area is 281 Å². The first-order valence-corrected chi connectivity index (χ1v) is 18.2. The number of nitrogens with zero attached hydrogens (tertiary/aromatic N) is 4. The summed E-state index contributed by atoms with van der Waals surface area (Å²) < 4.78 is 59.2. The third kappa shape index (κ3) is 6.74. The lowest BCUT2D eigenvalue weighted by Crippen LogP contribution is -2.24. The molecule has 12 heteroatoms. The Hall–Kier alpha value is -4.88. The van der Waals surface area contributed by atoms with E-state index in [1.807, 2.05) is 74.4 Å². The Morgan fingerprint density at radius 1 is 0.479 bits per heavy atom. The Bertz CT molecular complexity index is 2190. The molecule has 0 saturated heterocycles. The Morgan fingerprint density at radius 3 is 1.23 bits per heavy atom. The highest BCUT2D eigenvalue weighted by molar-refractivity contribution is 7.90. The molecule has 0 unspecified atom stereocenters. The van der Waals surface area contributed by atoms with E-state index in [2.05, 4.69) is 19.4 Å². The summed E-state index contributed by atoms with van der Waals surface area (Å²) in [6.45, 7) is -0.0556. The zero-order valence-electron chi connectivity index (χ0n) is 27.0. The molecule has 48 heavy (non-hydrogen) atoms. The third-order valence-electron chi connectivity index (χ3n) is 8.02. The molecule has 4 aromatic carbocycles. The molecule has 0 amide bonds. The highest BCUT2D eigenvalue weighted by atomic mass is 32.2. The SMILES string of the molecule is CN(C)c1cccc2c(S(=O)(=O)NCc3cccc(-c4cccc(CNS(=O)(=O)c5cccc6c(N(C)C)cccc56)n4)n3)cccc12. The molecule has 2 aromatic heterocycles. The molecule has 10 nitrogen and oxygen atoms in total. The summed E-state index contributed by atoms with van der Waals surface area (Å²) in [6, 6.07) is 32.3. The molecule has 0 atom stereocenters. The van der Waals surface area contributed by atoms with E-state index >= 15 is 0 Å². The highest BCUT2D eigenvalue weighted by Crippen LogP contribution is 2.31. The van der Waals surface area contributed by atoms with E-state index in [9.17, 15) is 16.8 Å². The van der Waals surface area contributed by atoms with Crippen molar-refractivity contribution in [3.63, 3.8) is 0 Å². The van der Waals surface area contributed by atoms with Gasteiger partial charge in [-0.05, 0) is 48.5 Å². The van der Waals surface area contributed by atoms with Crippen LogP contribution in [0.1, 0.15) is 11.4 Å². The van der Waals surface area contributed by atoms with Gasteiger partial charge in [0, 0.05) is 61.1 Å². The average molecular weight is 681 g/mol. The fraction of sp³-hybridized carbons (Fsp3) is 0.167. The third-order valence-corrected chi connectivity index (χ3v) is 10.9. The minimum atomic E-state index is -3.87. The molecule has 6 rings (SSSR count). The summed E-state index contributed by atoms with van der Waals surface area (Å²) in [5, 5.41) is 2.95. The maximum Gasteiger partial charge on any atom is 0.241 e. The van der Waals surface area contributed by atoms with Crippen LogP contribution < -0.4 is 19.2 Å². The van der Waals surface area contributed by atoms with Gasteiger partial charge < -0.3 is 9.80 Å². The van der Waals surface area contributed by atoms with Gasteiger partial charge in [0.2, 0.25) is 20.0 Å². The number of sulfonamides is 2. The van der Waals surface area contributed by atoms with E-state index < -0.39 is 20.0 Å². The number of benzene rings is 4. The second-order valence-electron chi connectivity index (χ2n) is 11.7. The first kappa shape index (κ1) is 33.0. The summed E-state index contributed by atoms with van der Waals surface area (Å²) in [6.07, 6.45) is 0. The van der Waals surface area contributed by atoms with Crippen molar-refractivity contribution in [1.29, 1.82) is 0 Å². The lowest BCUT2D eigenvalue weighted by atomic mass is 10.1. The van der Waals surface area contributed by atoms with Crippen LogP contribution in [-0.4, -0.2) is 55.0 Å². The molecular formula is C36H36N6O4S2. The number of nitrogens with one attached hydrogen (secondary N) is 2. The van der Waals surface area contributed by atoms with Crippen molar-refractivity contribution in [3.8, 4) is 11.4 Å². The molecule has 246 valence electrons. The maximum absolute atomic E-state index is 13.5. The molecule has 0 fully saturated rings. The molecule has 0 aliphatic rings. The van der Waals surface area contributed by atoms with Gasteiger partial charge in [-0.1, -0.05) is 60.7 Å². The van der Waals surface area contributed by atoms with Crippen LogP contribution in [0.2, 0.25) is 0 Å². The van der Waals surface area contributed by atoms with Gasteiger partial charge in [-0.25, -0.2) is 36.2 Å². The summed E-state index contributed by atoms with van der Waals surface area (Å²) in [5.41, 5.74) is 3.92. The standard InChI is InChI=1S/C36H36N6O4S2/c1-41(2)33-19-7-15-29-27(33)13-9-21-35(29)47(43,44)37-23-25-11-5-17-31(39-25)32-18-6-12-26(40-32)24-38-48(45,46)36-22-10-14-28-30(36)16-8-20-34(28)42(3)4/h5-22,37-38H,23-24H2,1-4H3. The van der Waals surface area contributed by atoms with E-state index in [0.717, 1.165) is 22.1 Å². The van der Waals surface area contributed by atoms with Gasteiger partial charge in [0.05, 0.1) is 45.7 Å². The summed E-state index contributed by atoms with van der Waals surface area (Å²) >= 11 is 0. The van der Waals surface area contributed by atoms with Crippen molar-refractivity contribution in [3.05, 3.63) is 121 Å². The van der Waals surface area contributed by atoms with Gasteiger partial charge in [-0.2, -0.15) is 0 Å². The van der Waals surface area contributed by atoms with E-state index in [1.165, 1.54) is 0 Å². The highest BCUT2D eigenvalue weighted by Gasteiger charge is 2.20. The van der Waals surface area contributed by atoms with Crippen molar-refractivity contribution >= 4 is 53.0 Å². The van der Waals surface area contributed by atoms with E-state index in [-0.39, 0.29) is 22.9 Å². The van der Waals surface area contributed by atoms with Gasteiger partial charge >= 0.3 is 0 Å². The lowest BCUT2D eigenvalue weighted by Gasteiger charge is -2.17. The predicted molar refractivity (Wildman–Crippen MR) is 192 cm³/mol. The predicted octanol–water partition coefficient (Wildman–Crippen LogP) is 5.54. The molecule has 0 bridgehead atoms. The van der Waals surface area contributed by atoms with Crippen molar-refractivity contribution in [2.75, 3.05) is 38.0 Å². The van der Waals surface area contributed by atoms with Crippen LogP contribution in [-0.2, 0) is 33.1 Å². The molecule has 0 saturated carbocycles. The molecule has 6 aromatic rings. The van der Waals surface area contributed by atoms with Gasteiger partial charge in [-0.15, -0.1) is 0 Å². The minimum Gasteiger partial charge on any atom is -0.377 e. The summed E-state index contributed by atoms with van der Waals surface area (Å²) in [7, 11) is -0.0586.